The molecule has 3 fully saturated rings. The zero-order valence-electron chi connectivity index (χ0n) is 20.6. The molecule has 1 unspecified atom stereocenters. The largest absolute Gasteiger partial charge is 0.352 e. The molecule has 6 nitrogen and oxygen atoms in total. The first-order valence-corrected chi connectivity index (χ1v) is 14.3. The van der Waals surface area contributed by atoms with Gasteiger partial charge in [0.1, 0.15) is 5.00 Å². The van der Waals surface area contributed by atoms with Crippen LogP contribution in [-0.4, -0.2) is 33.0 Å². The molecule has 6 rings (SSSR count). The van der Waals surface area contributed by atoms with Gasteiger partial charge in [0.05, 0.1) is 11.3 Å². The lowest BCUT2D eigenvalue weighted by atomic mass is 9.83. The van der Waals surface area contributed by atoms with E-state index in [2.05, 4.69) is 21.8 Å². The minimum absolute atomic E-state index is 0.0183. The maximum absolute atomic E-state index is 13.4. The van der Waals surface area contributed by atoms with E-state index in [-0.39, 0.29) is 17.7 Å². The van der Waals surface area contributed by atoms with Gasteiger partial charge >= 0.3 is 0 Å². The summed E-state index contributed by atoms with van der Waals surface area (Å²) in [6, 6.07) is 2.10. The van der Waals surface area contributed by atoms with Crippen LogP contribution >= 0.6 is 23.6 Å². The van der Waals surface area contributed by atoms with Crippen LogP contribution in [-0.2, 0) is 31.1 Å². The molecule has 2 N–H and O–H groups in total. The monoisotopic (exact) mass is 510 g/mol. The molecule has 0 saturated heterocycles. The number of nitrogens with zero attached hydrogens (tertiary/aromatic N) is 2. The number of aryl methyl sites for hydroxylation is 3. The van der Waals surface area contributed by atoms with E-state index >= 15 is 0 Å². The highest BCUT2D eigenvalue weighted by atomic mass is 32.1. The predicted molar refractivity (Wildman–Crippen MR) is 142 cm³/mol. The van der Waals surface area contributed by atoms with Crippen LogP contribution in [0.1, 0.15) is 77.1 Å². The fraction of sp³-hybridized carbons (Fsp3) is 0.630. The molecule has 2 heterocycles. The lowest BCUT2D eigenvalue weighted by molar-refractivity contribution is -0.117. The number of fused-ring (bicyclic) bond motifs is 1. The van der Waals surface area contributed by atoms with Crippen LogP contribution in [0.15, 0.2) is 6.07 Å². The van der Waals surface area contributed by atoms with Crippen LogP contribution in [0.3, 0.4) is 0 Å². The number of carbonyl (C=O) groups excluding carboxylic acids is 2. The van der Waals surface area contributed by atoms with E-state index in [0.29, 0.717) is 17.3 Å². The van der Waals surface area contributed by atoms with Gasteiger partial charge in [-0.2, -0.15) is 5.10 Å². The third-order valence-corrected chi connectivity index (χ3v) is 9.99. The van der Waals surface area contributed by atoms with E-state index in [9.17, 15) is 9.59 Å². The van der Waals surface area contributed by atoms with Gasteiger partial charge in [-0.1, -0.05) is 12.2 Å². The Kier molecular flexibility index (Phi) is 5.87. The molecule has 0 aromatic carbocycles. The van der Waals surface area contributed by atoms with Gasteiger partial charge in [-0.3, -0.25) is 14.3 Å². The number of rotatable bonds is 9. The van der Waals surface area contributed by atoms with Crippen molar-refractivity contribution in [2.24, 2.45) is 30.2 Å². The summed E-state index contributed by atoms with van der Waals surface area (Å²) < 4.78 is 1.92. The quantitative estimate of drug-likeness (QED) is 0.476. The van der Waals surface area contributed by atoms with Crippen LogP contribution in [0.2, 0.25) is 0 Å². The Labute approximate surface area is 216 Å². The Hall–Kier alpha value is -2.06. The van der Waals surface area contributed by atoms with Gasteiger partial charge < -0.3 is 10.6 Å². The summed E-state index contributed by atoms with van der Waals surface area (Å²) in [5, 5.41) is 11.6. The first-order chi connectivity index (χ1) is 16.8. The molecule has 2 aromatic heterocycles. The van der Waals surface area contributed by atoms with Gasteiger partial charge in [0.2, 0.25) is 5.91 Å². The molecule has 2 aromatic rings. The van der Waals surface area contributed by atoms with Gasteiger partial charge in [0, 0.05) is 36.5 Å². The van der Waals surface area contributed by atoms with Crippen molar-refractivity contribution < 1.29 is 9.59 Å². The molecule has 35 heavy (non-hydrogen) atoms. The SMILES string of the molecule is Cc1cc(CC(=S)C[C@H]2CCc3sc(NC(=O)C4CC45CC5)c(C(=O)NCC4CC4)c3C2)n(C)n1. The smallest absolute Gasteiger partial charge is 0.254 e. The number of aromatic nitrogens is 2. The van der Waals surface area contributed by atoms with Crippen LogP contribution in [0.5, 0.6) is 0 Å². The minimum Gasteiger partial charge on any atom is -0.352 e. The molecular weight excluding hydrogens is 476 g/mol. The van der Waals surface area contributed by atoms with E-state index in [1.54, 1.807) is 11.3 Å². The second kappa shape index (κ2) is 8.80. The van der Waals surface area contributed by atoms with Crippen molar-refractivity contribution in [1.82, 2.24) is 15.1 Å². The van der Waals surface area contributed by atoms with Crippen molar-refractivity contribution in [2.75, 3.05) is 11.9 Å². The highest BCUT2D eigenvalue weighted by Gasteiger charge is 2.65. The first kappa shape index (κ1) is 23.3. The van der Waals surface area contributed by atoms with E-state index in [1.807, 2.05) is 18.7 Å². The summed E-state index contributed by atoms with van der Waals surface area (Å²) in [5.41, 5.74) is 4.34. The number of anilines is 1. The summed E-state index contributed by atoms with van der Waals surface area (Å²) in [6.07, 6.45) is 10.3. The van der Waals surface area contributed by atoms with Gasteiger partial charge in [0.15, 0.2) is 0 Å². The summed E-state index contributed by atoms with van der Waals surface area (Å²) >= 11 is 7.42. The molecule has 3 saturated carbocycles. The van der Waals surface area contributed by atoms with Gasteiger partial charge in [0.25, 0.3) is 5.91 Å². The zero-order chi connectivity index (χ0) is 24.3. The standard InChI is InChI=1S/C27H34N4O2S2/c1-15-9-18(31(2)30-15)12-19(34)10-17-5-6-22-20(11-17)23(25(33)28-14-16-3-4-16)26(35-22)29-24(32)21-13-27(21)7-8-27/h9,16-17,21H,3-8,10-14H2,1-2H3,(H,28,33)(H,29,32)/t17-,21?/m1/s1. The van der Waals surface area contributed by atoms with E-state index in [1.165, 1.54) is 30.6 Å². The zero-order valence-corrected chi connectivity index (χ0v) is 22.2. The lowest BCUT2D eigenvalue weighted by Crippen LogP contribution is -2.28. The van der Waals surface area contributed by atoms with Crippen molar-refractivity contribution in [2.45, 2.75) is 71.1 Å². The maximum atomic E-state index is 13.4. The van der Waals surface area contributed by atoms with Gasteiger partial charge in [-0.25, -0.2) is 0 Å². The second-order valence-corrected chi connectivity index (χ2v) is 13.1. The molecule has 0 bridgehead atoms. The number of hydrogen-bond acceptors (Lipinski definition) is 5. The van der Waals surface area contributed by atoms with E-state index in [4.69, 9.17) is 12.2 Å². The van der Waals surface area contributed by atoms with Crippen LogP contribution in [0, 0.1) is 30.1 Å². The number of nitrogens with one attached hydrogen (secondary N) is 2. The van der Waals surface area contributed by atoms with Gasteiger partial charge in [-0.15, -0.1) is 11.3 Å². The maximum Gasteiger partial charge on any atom is 0.254 e. The Morgan fingerprint density at radius 1 is 1.26 bits per heavy atom. The minimum atomic E-state index is -0.0183. The van der Waals surface area contributed by atoms with Gasteiger partial charge in [-0.05, 0) is 98.5 Å². The fourth-order valence-electron chi connectivity index (χ4n) is 5.86. The number of thiocarbonyl (C=S) groups is 1. The van der Waals surface area contributed by atoms with Crippen molar-refractivity contribution in [1.29, 1.82) is 0 Å². The first-order valence-electron chi connectivity index (χ1n) is 13.1. The van der Waals surface area contributed by atoms with Crippen molar-refractivity contribution >= 4 is 45.2 Å². The molecule has 2 amide bonds. The number of hydrogen-bond donors (Lipinski definition) is 2. The highest BCUT2D eigenvalue weighted by Crippen LogP contribution is 2.70. The summed E-state index contributed by atoms with van der Waals surface area (Å²) in [4.78, 5) is 28.6. The molecular formula is C27H34N4O2S2. The van der Waals surface area contributed by atoms with Crippen molar-refractivity contribution in [3.8, 4) is 0 Å². The average Bonchev–Trinajstić information content (AvgIpc) is 3.74. The molecule has 8 heteroatoms. The molecule has 0 aliphatic heterocycles. The molecule has 2 atom stereocenters. The second-order valence-electron chi connectivity index (χ2n) is 11.4. The molecule has 0 radical (unpaired) electrons. The van der Waals surface area contributed by atoms with E-state index < -0.39 is 0 Å². The van der Waals surface area contributed by atoms with Crippen molar-refractivity contribution in [3.63, 3.8) is 0 Å². The van der Waals surface area contributed by atoms with E-state index in [0.717, 1.165) is 77.5 Å². The number of amides is 2. The van der Waals surface area contributed by atoms with Crippen LogP contribution in [0.4, 0.5) is 5.00 Å². The summed E-state index contributed by atoms with van der Waals surface area (Å²) in [7, 11) is 1.97. The topological polar surface area (TPSA) is 76.0 Å². The van der Waals surface area contributed by atoms with Crippen LogP contribution in [0.25, 0.3) is 0 Å². The Balaban J connectivity index is 1.17. The summed E-state index contributed by atoms with van der Waals surface area (Å²) in [5.74, 6) is 1.28. The Morgan fingerprint density at radius 2 is 2.06 bits per heavy atom. The highest BCUT2D eigenvalue weighted by molar-refractivity contribution is 7.80. The summed E-state index contributed by atoms with van der Waals surface area (Å²) in [6.45, 7) is 2.74. The molecule has 1 spiro atoms. The lowest BCUT2D eigenvalue weighted by Gasteiger charge is -2.23. The molecule has 4 aliphatic rings. The molecule has 4 aliphatic carbocycles. The predicted octanol–water partition coefficient (Wildman–Crippen LogP) is 4.78. The Bertz CT molecular complexity index is 1200. The normalized spacial score (nSPS) is 23.6. The third-order valence-electron chi connectivity index (χ3n) is 8.47. The fourth-order valence-corrected chi connectivity index (χ4v) is 7.49. The third kappa shape index (κ3) is 4.84. The molecule has 186 valence electrons. The number of carbonyl (C=O) groups is 2. The number of thiophene rings is 1. The van der Waals surface area contributed by atoms with Crippen molar-refractivity contribution in [3.05, 3.63) is 33.5 Å². The average molecular weight is 511 g/mol. The Morgan fingerprint density at radius 3 is 2.71 bits per heavy atom. The van der Waals surface area contributed by atoms with Crippen LogP contribution < -0.4 is 10.6 Å².